The molecule has 0 bridgehead atoms. The van der Waals surface area contributed by atoms with Crippen LogP contribution in [0, 0.1) is 11.1 Å². The second-order valence-corrected chi connectivity index (χ2v) is 5.17. The molecule has 1 aromatic heterocycles. The highest BCUT2D eigenvalue weighted by atomic mass is 16.7. The molecule has 0 saturated carbocycles. The monoisotopic (exact) mass is 261 g/mol. The molecule has 5 heteroatoms. The quantitative estimate of drug-likeness (QED) is 0.794. The number of nitrogens with zero attached hydrogens (tertiary/aromatic N) is 2. The molecule has 2 unspecified atom stereocenters. The molecule has 0 spiro atoms. The lowest BCUT2D eigenvalue weighted by atomic mass is 9.85. The molecule has 0 fully saturated rings. The zero-order valence-corrected chi connectivity index (χ0v) is 11.3. The van der Waals surface area contributed by atoms with Gasteiger partial charge >= 0.3 is 0 Å². The summed E-state index contributed by atoms with van der Waals surface area (Å²) in [6.07, 6.45) is 1.79. The molecule has 19 heavy (non-hydrogen) atoms. The lowest BCUT2D eigenvalue weighted by molar-refractivity contribution is -0.847. The number of quaternary nitrogens is 1. The van der Waals surface area contributed by atoms with Crippen molar-refractivity contribution in [1.82, 2.24) is 4.98 Å². The molecule has 0 radical (unpaired) electrons. The number of aromatic nitrogens is 1. The van der Waals surface area contributed by atoms with E-state index in [1.54, 1.807) is 6.20 Å². The van der Waals surface area contributed by atoms with E-state index in [9.17, 15) is 5.21 Å². The van der Waals surface area contributed by atoms with E-state index >= 15 is 0 Å². The van der Waals surface area contributed by atoms with Gasteiger partial charge < -0.3 is 10.3 Å². The van der Waals surface area contributed by atoms with Gasteiger partial charge in [0, 0.05) is 23.3 Å². The first-order valence-corrected chi connectivity index (χ1v) is 6.80. The van der Waals surface area contributed by atoms with Crippen LogP contribution >= 0.6 is 0 Å². The molecule has 2 atom stereocenters. The van der Waals surface area contributed by atoms with Crippen molar-refractivity contribution in [1.29, 1.82) is 0 Å². The molecule has 1 aromatic rings. The number of pyridine rings is 1. The molecule has 0 saturated heterocycles. The summed E-state index contributed by atoms with van der Waals surface area (Å²) in [6.45, 7) is 6.53. The number of anilines is 1. The van der Waals surface area contributed by atoms with E-state index in [2.05, 4.69) is 18.0 Å². The van der Waals surface area contributed by atoms with E-state index in [0.717, 1.165) is 11.4 Å². The van der Waals surface area contributed by atoms with Crippen LogP contribution in [0.25, 0.3) is 5.57 Å². The normalized spacial score (nSPS) is 26.2. The highest BCUT2D eigenvalue weighted by Crippen LogP contribution is 2.37. The van der Waals surface area contributed by atoms with Crippen LogP contribution in [0.5, 0.6) is 0 Å². The Balaban J connectivity index is 2.08. The molecule has 3 heterocycles. The van der Waals surface area contributed by atoms with Crippen LogP contribution < -0.4 is 10.1 Å². The van der Waals surface area contributed by atoms with E-state index < -0.39 is 0 Å². The fourth-order valence-corrected chi connectivity index (χ4v) is 3.11. The van der Waals surface area contributed by atoms with Gasteiger partial charge in [0.25, 0.3) is 0 Å². The van der Waals surface area contributed by atoms with Crippen molar-refractivity contribution in [3.8, 4) is 0 Å². The van der Waals surface area contributed by atoms with Gasteiger partial charge in [-0.05, 0) is 24.6 Å². The third-order valence-corrected chi connectivity index (χ3v) is 3.75. The van der Waals surface area contributed by atoms with E-state index in [0.29, 0.717) is 31.3 Å². The molecule has 0 aliphatic carbocycles. The highest BCUT2D eigenvalue weighted by molar-refractivity contribution is 5.81. The summed E-state index contributed by atoms with van der Waals surface area (Å²) in [6, 6.07) is 4.02. The predicted octanol–water partition coefficient (Wildman–Crippen LogP) is 0.639. The topological polar surface area (TPSA) is 52.9 Å². The second kappa shape index (κ2) is 4.92. The fraction of sp³-hybridized carbons (Fsp3) is 0.500. The Morgan fingerprint density at radius 3 is 3.21 bits per heavy atom. The molecular formula is C14H19N3O2. The first-order chi connectivity index (χ1) is 9.20. The molecule has 2 aliphatic rings. The largest absolute Gasteiger partial charge is 0.634 e. The second-order valence-electron chi connectivity index (χ2n) is 5.17. The lowest BCUT2D eigenvalue weighted by Gasteiger charge is -2.40. The average Bonchev–Trinajstić information content (AvgIpc) is 2.38. The van der Waals surface area contributed by atoms with E-state index in [-0.39, 0.29) is 5.92 Å². The average molecular weight is 261 g/mol. The Morgan fingerprint density at radius 1 is 1.58 bits per heavy atom. The van der Waals surface area contributed by atoms with Crippen molar-refractivity contribution in [2.24, 2.45) is 5.92 Å². The smallest absolute Gasteiger partial charge is 0.160 e. The molecular weight excluding hydrogens is 242 g/mol. The summed E-state index contributed by atoms with van der Waals surface area (Å²) in [5.74, 6) is 1.16. The number of hydroxylamine groups is 3. The number of hydrogen-bond acceptors (Lipinski definition) is 4. The summed E-state index contributed by atoms with van der Waals surface area (Å²) in [7, 11) is 0. The zero-order chi connectivity index (χ0) is 13.4. The van der Waals surface area contributed by atoms with Gasteiger partial charge in [-0.2, -0.15) is 0 Å². The summed E-state index contributed by atoms with van der Waals surface area (Å²) < 4.78 is 0. The molecule has 5 nitrogen and oxygen atoms in total. The highest BCUT2D eigenvalue weighted by Gasteiger charge is 2.33. The van der Waals surface area contributed by atoms with Crippen LogP contribution in [-0.4, -0.2) is 31.2 Å². The molecule has 102 valence electrons. The Labute approximate surface area is 113 Å². The van der Waals surface area contributed by atoms with Gasteiger partial charge in [-0.25, -0.2) is 10.0 Å². The fourth-order valence-electron chi connectivity index (χ4n) is 3.11. The predicted molar refractivity (Wildman–Crippen MR) is 73.4 cm³/mol. The summed E-state index contributed by atoms with van der Waals surface area (Å²) in [5.41, 5.74) is 3.62. The van der Waals surface area contributed by atoms with Gasteiger partial charge in [0.05, 0.1) is 19.7 Å². The minimum Gasteiger partial charge on any atom is -0.634 e. The maximum atomic E-state index is 11.8. The molecule has 3 rings (SSSR count). The first-order valence-electron chi connectivity index (χ1n) is 6.80. The van der Waals surface area contributed by atoms with Gasteiger partial charge in [0.15, 0.2) is 5.82 Å². The maximum Gasteiger partial charge on any atom is 0.160 e. The van der Waals surface area contributed by atoms with Crippen molar-refractivity contribution in [3.05, 3.63) is 34.7 Å². The number of hydrogen-bond donors (Lipinski definition) is 1. The molecule has 2 aliphatic heterocycles. The third-order valence-electron chi connectivity index (χ3n) is 3.75. The van der Waals surface area contributed by atoms with E-state index in [1.165, 1.54) is 11.1 Å². The minimum atomic E-state index is 0.281. The van der Waals surface area contributed by atoms with Crippen LogP contribution in [0.3, 0.4) is 0 Å². The van der Waals surface area contributed by atoms with Crippen molar-refractivity contribution in [2.75, 3.05) is 31.3 Å². The van der Waals surface area contributed by atoms with Crippen molar-refractivity contribution >= 4 is 11.4 Å². The zero-order valence-electron chi connectivity index (χ0n) is 11.3. The molecule has 1 N–H and O–H groups in total. The van der Waals surface area contributed by atoms with Gasteiger partial charge in [-0.15, -0.1) is 0 Å². The Bertz CT molecular complexity index is 515. The number of rotatable bonds is 2. The van der Waals surface area contributed by atoms with Gasteiger partial charge in [0.1, 0.15) is 6.54 Å². The SMILES string of the molecule is CCON1CC2=C(c3cccnc31)C(C)C[NH+]([O-])C2. The van der Waals surface area contributed by atoms with Crippen LogP contribution in [0.4, 0.5) is 5.82 Å². The van der Waals surface area contributed by atoms with E-state index in [1.807, 2.05) is 18.1 Å². The van der Waals surface area contributed by atoms with Crippen molar-refractivity contribution in [2.45, 2.75) is 13.8 Å². The summed E-state index contributed by atoms with van der Waals surface area (Å²) in [4.78, 5) is 10.1. The lowest BCUT2D eigenvalue weighted by Crippen LogP contribution is -3.09. The number of fused-ring (bicyclic) bond motifs is 2. The maximum absolute atomic E-state index is 11.8. The Hall–Kier alpha value is -1.43. The summed E-state index contributed by atoms with van der Waals surface area (Å²) in [5, 5.41) is 13.9. The van der Waals surface area contributed by atoms with Crippen LogP contribution in [0.2, 0.25) is 0 Å². The summed E-state index contributed by atoms with van der Waals surface area (Å²) >= 11 is 0. The Kier molecular flexibility index (Phi) is 3.26. The standard InChI is InChI=1S/C14H19N3O2/c1-3-19-17-9-11-8-16(18)7-10(2)13(11)12-5-4-6-15-14(12)17/h4-6,10,16H,3,7-9H2,1-2H3. The Morgan fingerprint density at radius 2 is 2.42 bits per heavy atom. The molecule has 0 aromatic carbocycles. The van der Waals surface area contributed by atoms with E-state index in [4.69, 9.17) is 4.84 Å². The number of nitrogens with one attached hydrogen (secondary N) is 1. The van der Waals surface area contributed by atoms with Crippen LogP contribution in [0.1, 0.15) is 19.4 Å². The van der Waals surface area contributed by atoms with Gasteiger partial charge in [-0.1, -0.05) is 6.92 Å². The van der Waals surface area contributed by atoms with Crippen LogP contribution in [-0.2, 0) is 4.84 Å². The van der Waals surface area contributed by atoms with Crippen LogP contribution in [0.15, 0.2) is 23.9 Å². The van der Waals surface area contributed by atoms with Crippen molar-refractivity contribution < 1.29 is 9.90 Å². The first kappa shape index (κ1) is 12.6. The van der Waals surface area contributed by atoms with Gasteiger partial charge in [-0.3, -0.25) is 4.84 Å². The molecule has 0 amide bonds. The third kappa shape index (κ3) is 2.14. The van der Waals surface area contributed by atoms with Gasteiger partial charge in [0.2, 0.25) is 0 Å². The minimum absolute atomic E-state index is 0.281. The van der Waals surface area contributed by atoms with Crippen molar-refractivity contribution in [3.63, 3.8) is 0 Å².